The molecule has 62 valence electrons. The van der Waals surface area contributed by atoms with Crippen molar-refractivity contribution in [3.63, 3.8) is 0 Å². The summed E-state index contributed by atoms with van der Waals surface area (Å²) < 4.78 is 5.66. The van der Waals surface area contributed by atoms with E-state index in [1.807, 2.05) is 12.1 Å². The van der Waals surface area contributed by atoms with Crippen LogP contribution in [-0.4, -0.2) is 13.5 Å². The van der Waals surface area contributed by atoms with Crippen molar-refractivity contribution >= 4 is 12.4 Å². The van der Waals surface area contributed by atoms with Crippen molar-refractivity contribution in [2.75, 3.05) is 6.54 Å². The molecule has 0 amide bonds. The molecule has 0 unspecified atom stereocenters. The van der Waals surface area contributed by atoms with Gasteiger partial charge in [-0.25, -0.2) is 0 Å². The average molecular weight is 161 g/mol. The maximum atomic E-state index is 5.66. The molecule has 0 aliphatic carbocycles. The molecule has 1 aliphatic rings. The minimum atomic E-state index is 0.108. The van der Waals surface area contributed by atoms with Gasteiger partial charge in [-0.1, -0.05) is 31.1 Å². The van der Waals surface area contributed by atoms with Crippen molar-refractivity contribution in [3.05, 3.63) is 29.8 Å². The van der Waals surface area contributed by atoms with Crippen molar-refractivity contribution in [2.24, 2.45) is 5.73 Å². The summed E-state index contributed by atoms with van der Waals surface area (Å²) in [5.74, 6) is 0. The third kappa shape index (κ3) is 1.06. The van der Waals surface area contributed by atoms with Crippen molar-refractivity contribution in [3.8, 4) is 0 Å². The summed E-state index contributed by atoms with van der Waals surface area (Å²) in [7, 11) is 0. The van der Waals surface area contributed by atoms with E-state index in [-0.39, 0.29) is 13.0 Å². The van der Waals surface area contributed by atoms with Gasteiger partial charge < -0.3 is 10.4 Å². The van der Waals surface area contributed by atoms with Crippen LogP contribution in [0.1, 0.15) is 11.7 Å². The summed E-state index contributed by atoms with van der Waals surface area (Å²) >= 11 is 0. The van der Waals surface area contributed by atoms with Crippen LogP contribution in [0.15, 0.2) is 24.3 Å². The van der Waals surface area contributed by atoms with Crippen molar-refractivity contribution in [1.29, 1.82) is 0 Å². The number of hydrogen-bond acceptors (Lipinski definition) is 2. The van der Waals surface area contributed by atoms with Gasteiger partial charge in [-0.2, -0.15) is 0 Å². The first-order valence-electron chi connectivity index (χ1n) is 4.27. The topological polar surface area (TPSA) is 35.2 Å². The molecule has 0 spiro atoms. The molecule has 0 aromatic heterocycles. The van der Waals surface area contributed by atoms with Gasteiger partial charge >= 0.3 is 6.92 Å². The smallest absolute Gasteiger partial charge is 0.324 e. The third-order valence-corrected chi connectivity index (χ3v) is 2.36. The van der Waals surface area contributed by atoms with Gasteiger partial charge in [-0.05, 0) is 11.0 Å². The predicted octanol–water partition coefficient (Wildman–Crippen LogP) is 0.545. The summed E-state index contributed by atoms with van der Waals surface area (Å²) in [4.78, 5) is 0. The summed E-state index contributed by atoms with van der Waals surface area (Å²) in [5, 5.41) is 0. The summed E-state index contributed by atoms with van der Waals surface area (Å²) in [5.41, 5.74) is 8.13. The molecule has 2 nitrogen and oxygen atoms in total. The molecule has 3 heteroatoms. The van der Waals surface area contributed by atoms with E-state index in [4.69, 9.17) is 10.4 Å². The Morgan fingerprint density at radius 3 is 3.00 bits per heavy atom. The predicted molar refractivity (Wildman–Crippen MR) is 50.6 cm³/mol. The van der Waals surface area contributed by atoms with E-state index < -0.39 is 0 Å². The van der Waals surface area contributed by atoms with Gasteiger partial charge in [0.2, 0.25) is 0 Å². The van der Waals surface area contributed by atoms with E-state index in [9.17, 15) is 0 Å². The van der Waals surface area contributed by atoms with Crippen LogP contribution < -0.4 is 11.2 Å². The third-order valence-electron chi connectivity index (χ3n) is 2.36. The maximum absolute atomic E-state index is 5.66. The summed E-state index contributed by atoms with van der Waals surface area (Å²) in [6.07, 6.45) is 0.108. The van der Waals surface area contributed by atoms with E-state index >= 15 is 0 Å². The van der Waals surface area contributed by atoms with E-state index in [2.05, 4.69) is 19.0 Å². The fraction of sp³-hybridized carbons (Fsp3) is 0.333. The molecule has 1 heterocycles. The van der Waals surface area contributed by atoms with E-state index in [0.717, 1.165) is 0 Å². The molecule has 0 saturated carbocycles. The van der Waals surface area contributed by atoms with Crippen LogP contribution in [-0.2, 0) is 4.65 Å². The van der Waals surface area contributed by atoms with Crippen LogP contribution in [0.2, 0.25) is 6.82 Å². The lowest BCUT2D eigenvalue weighted by molar-refractivity contribution is 0.235. The van der Waals surface area contributed by atoms with Crippen LogP contribution in [0.4, 0.5) is 0 Å². The number of nitrogens with two attached hydrogens (primary N) is 1. The van der Waals surface area contributed by atoms with Gasteiger partial charge in [-0.3, -0.25) is 0 Å². The molecule has 1 atom stereocenters. The highest BCUT2D eigenvalue weighted by molar-refractivity contribution is 6.67. The lowest BCUT2D eigenvalue weighted by Gasteiger charge is -2.08. The first-order chi connectivity index (χ1) is 5.83. The van der Waals surface area contributed by atoms with Gasteiger partial charge in [-0.15, -0.1) is 0 Å². The Bertz CT molecular complexity index is 290. The molecule has 2 N–H and O–H groups in total. The van der Waals surface area contributed by atoms with E-state index in [1.54, 1.807) is 0 Å². The Morgan fingerprint density at radius 1 is 1.50 bits per heavy atom. The van der Waals surface area contributed by atoms with Crippen LogP contribution in [0.3, 0.4) is 0 Å². The second-order valence-electron chi connectivity index (χ2n) is 3.13. The van der Waals surface area contributed by atoms with Gasteiger partial charge in [0.1, 0.15) is 0 Å². The average Bonchev–Trinajstić information content (AvgIpc) is 2.44. The van der Waals surface area contributed by atoms with Gasteiger partial charge in [0.15, 0.2) is 0 Å². The Kier molecular flexibility index (Phi) is 1.91. The largest absolute Gasteiger partial charge is 0.423 e. The summed E-state index contributed by atoms with van der Waals surface area (Å²) in [6, 6.07) is 8.27. The van der Waals surface area contributed by atoms with Gasteiger partial charge in [0.25, 0.3) is 0 Å². The molecular formula is C9H12BNO. The molecule has 0 radical (unpaired) electrons. The zero-order valence-corrected chi connectivity index (χ0v) is 7.16. The number of benzene rings is 1. The molecule has 0 bridgehead atoms. The van der Waals surface area contributed by atoms with E-state index in [1.165, 1.54) is 11.0 Å². The van der Waals surface area contributed by atoms with Crippen LogP contribution in [0.5, 0.6) is 0 Å². The van der Waals surface area contributed by atoms with Crippen molar-refractivity contribution in [1.82, 2.24) is 0 Å². The Hall–Kier alpha value is -0.795. The maximum Gasteiger partial charge on any atom is 0.324 e. The van der Waals surface area contributed by atoms with Crippen molar-refractivity contribution < 1.29 is 4.65 Å². The molecule has 0 fully saturated rings. The fourth-order valence-electron chi connectivity index (χ4n) is 1.75. The van der Waals surface area contributed by atoms with Gasteiger partial charge in [0.05, 0.1) is 6.10 Å². The highest BCUT2D eigenvalue weighted by atomic mass is 16.5. The fourth-order valence-corrected chi connectivity index (χ4v) is 1.75. The zero-order valence-electron chi connectivity index (χ0n) is 7.16. The van der Waals surface area contributed by atoms with Crippen LogP contribution in [0.25, 0.3) is 0 Å². The lowest BCUT2D eigenvalue weighted by Crippen LogP contribution is -2.23. The molecule has 1 aliphatic heterocycles. The monoisotopic (exact) mass is 161 g/mol. The zero-order chi connectivity index (χ0) is 8.55. The van der Waals surface area contributed by atoms with E-state index in [0.29, 0.717) is 6.54 Å². The van der Waals surface area contributed by atoms with Gasteiger partial charge in [0, 0.05) is 6.54 Å². The minimum Gasteiger partial charge on any atom is -0.423 e. The minimum absolute atomic E-state index is 0.108. The Balaban J connectivity index is 2.43. The highest BCUT2D eigenvalue weighted by Crippen LogP contribution is 2.22. The number of fused-ring (bicyclic) bond motifs is 1. The number of rotatable bonds is 1. The second-order valence-corrected chi connectivity index (χ2v) is 3.13. The summed E-state index contributed by atoms with van der Waals surface area (Å²) in [6.45, 7) is 2.84. The molecule has 12 heavy (non-hydrogen) atoms. The quantitative estimate of drug-likeness (QED) is 0.610. The molecule has 1 aromatic rings. The van der Waals surface area contributed by atoms with Crippen LogP contribution in [0, 0.1) is 0 Å². The normalized spacial score (nSPS) is 21.2. The molecule has 0 saturated heterocycles. The first-order valence-corrected chi connectivity index (χ1v) is 4.27. The molecule has 2 rings (SSSR count). The van der Waals surface area contributed by atoms with Crippen LogP contribution >= 0.6 is 0 Å². The second kappa shape index (κ2) is 2.92. The molecule has 1 aromatic carbocycles. The molecular weight excluding hydrogens is 149 g/mol. The number of hydrogen-bond donors (Lipinski definition) is 1. The first kappa shape index (κ1) is 7.83. The van der Waals surface area contributed by atoms with Crippen molar-refractivity contribution in [2.45, 2.75) is 12.9 Å². The highest BCUT2D eigenvalue weighted by Gasteiger charge is 2.29. The standard InChI is InChI=1S/C9H12BNO/c1-10-8-5-3-2-4-7(8)9(6-11)12-10/h2-5,9H,6,11H2,1H3/t9-/m1/s1. The Labute approximate surface area is 72.8 Å². The lowest BCUT2D eigenvalue weighted by atomic mass is 9.64. The Morgan fingerprint density at radius 2 is 2.25 bits per heavy atom. The SMILES string of the molecule is CB1O[C@H](CN)c2ccccc21.